The molecule has 1 amide bonds. The van der Waals surface area contributed by atoms with Gasteiger partial charge in [-0.3, -0.25) is 33.6 Å². The average molecular weight is 680 g/mol. The van der Waals surface area contributed by atoms with E-state index in [0.29, 0.717) is 38.6 Å². The van der Waals surface area contributed by atoms with E-state index in [-0.39, 0.29) is 72.5 Å². The van der Waals surface area contributed by atoms with Crippen molar-refractivity contribution in [2.45, 2.75) is 145 Å². The van der Waals surface area contributed by atoms with Crippen LogP contribution in [0.2, 0.25) is 0 Å². The maximum absolute atomic E-state index is 14.0. The first kappa shape index (κ1) is 41.9. The number of carbonyl (C=O) groups excluding carboxylic acids is 7. The van der Waals surface area contributed by atoms with Gasteiger partial charge < -0.3 is 4.90 Å². The highest BCUT2D eigenvalue weighted by Crippen LogP contribution is 2.35. The molecule has 1 aliphatic heterocycles. The molecule has 1 heterocycles. The predicted octanol–water partition coefficient (Wildman–Crippen LogP) is 7.69. The average Bonchev–Trinajstić information content (AvgIpc) is 3.51. The largest absolute Gasteiger partial charge is 0.332 e. The second-order valence-corrected chi connectivity index (χ2v) is 16.6. The number of rotatable bonds is 20. The Morgan fingerprint density at radius 3 is 2.02 bits per heavy atom. The van der Waals surface area contributed by atoms with E-state index in [0.717, 1.165) is 12.0 Å². The van der Waals surface area contributed by atoms with Crippen molar-refractivity contribution in [1.82, 2.24) is 4.90 Å². The van der Waals surface area contributed by atoms with Crippen LogP contribution in [0.15, 0.2) is 30.3 Å². The van der Waals surface area contributed by atoms with Crippen LogP contribution in [0.1, 0.15) is 144 Å². The molecule has 0 aliphatic carbocycles. The molecule has 0 N–H and O–H groups in total. The van der Waals surface area contributed by atoms with Gasteiger partial charge in [-0.15, -0.1) is 0 Å². The molecule has 0 radical (unpaired) electrons. The lowest BCUT2D eigenvalue weighted by atomic mass is 9.75. The minimum atomic E-state index is -0.820. The summed E-state index contributed by atoms with van der Waals surface area (Å²) in [6.45, 7) is 17.7. The first-order valence-corrected chi connectivity index (χ1v) is 18.3. The maximum atomic E-state index is 14.0. The van der Waals surface area contributed by atoms with E-state index in [1.165, 1.54) is 0 Å². The van der Waals surface area contributed by atoms with E-state index in [1.807, 2.05) is 78.8 Å². The van der Waals surface area contributed by atoms with Crippen LogP contribution in [0, 0.1) is 28.6 Å². The van der Waals surface area contributed by atoms with E-state index in [4.69, 9.17) is 0 Å². The molecule has 1 unspecified atom stereocenters. The SMILES string of the molecule is CCCCC(CC(=O)[C@@H]1CCCN1C(=O)[C@@H](CC(=O)CC(C)(C)C)C(C)(C)C)C(=O)C(=O)CCC(=O)C[C@H](C(=O)C(C)C)c1ccccc1. The van der Waals surface area contributed by atoms with E-state index in [1.54, 1.807) is 18.7 Å². The van der Waals surface area contributed by atoms with E-state index in [9.17, 15) is 33.6 Å². The Morgan fingerprint density at radius 1 is 0.837 bits per heavy atom. The molecular formula is C41H61NO7. The monoisotopic (exact) mass is 679 g/mol. The van der Waals surface area contributed by atoms with Crippen LogP contribution < -0.4 is 0 Å². The number of benzene rings is 1. The van der Waals surface area contributed by atoms with Crippen molar-refractivity contribution in [3.05, 3.63) is 35.9 Å². The Bertz CT molecular complexity index is 1330. The quantitative estimate of drug-likeness (QED) is 0.130. The van der Waals surface area contributed by atoms with Gasteiger partial charge >= 0.3 is 0 Å². The number of likely N-dealkylation sites (tertiary alicyclic amines) is 1. The first-order valence-electron chi connectivity index (χ1n) is 18.3. The summed E-state index contributed by atoms with van der Waals surface area (Å²) in [5.74, 6) is -4.35. The minimum Gasteiger partial charge on any atom is -0.332 e. The molecule has 0 saturated carbocycles. The molecule has 272 valence electrons. The van der Waals surface area contributed by atoms with Crippen LogP contribution in [0.3, 0.4) is 0 Å². The fraction of sp³-hybridized carbons (Fsp3) is 0.683. The minimum absolute atomic E-state index is 0.0205. The number of nitrogens with zero attached hydrogens (tertiary/aromatic N) is 1. The highest BCUT2D eigenvalue weighted by molar-refractivity contribution is 6.38. The first-order chi connectivity index (χ1) is 22.8. The van der Waals surface area contributed by atoms with Gasteiger partial charge in [0.05, 0.1) is 6.04 Å². The van der Waals surface area contributed by atoms with Crippen LogP contribution in [-0.4, -0.2) is 58.1 Å². The zero-order valence-electron chi connectivity index (χ0n) is 31.6. The summed E-state index contributed by atoms with van der Waals surface area (Å²) >= 11 is 0. The second-order valence-electron chi connectivity index (χ2n) is 16.6. The second kappa shape index (κ2) is 18.6. The summed E-state index contributed by atoms with van der Waals surface area (Å²) in [7, 11) is 0. The maximum Gasteiger partial charge on any atom is 0.227 e. The topological polar surface area (TPSA) is 123 Å². The van der Waals surface area contributed by atoms with Crippen molar-refractivity contribution in [1.29, 1.82) is 0 Å². The van der Waals surface area contributed by atoms with Gasteiger partial charge in [-0.1, -0.05) is 105 Å². The summed E-state index contributed by atoms with van der Waals surface area (Å²) < 4.78 is 0. The Morgan fingerprint density at radius 2 is 1.47 bits per heavy atom. The number of unbranched alkanes of at least 4 members (excludes halogenated alkanes) is 1. The lowest BCUT2D eigenvalue weighted by molar-refractivity contribution is -0.146. The summed E-state index contributed by atoms with van der Waals surface area (Å²) in [6, 6.07) is 8.41. The molecular weight excluding hydrogens is 618 g/mol. The number of Topliss-reactive ketones (excluding diaryl/α,β-unsaturated/α-hetero) is 6. The van der Waals surface area contributed by atoms with Gasteiger partial charge in [0.15, 0.2) is 11.6 Å². The lowest BCUT2D eigenvalue weighted by Gasteiger charge is -2.35. The van der Waals surface area contributed by atoms with Gasteiger partial charge in [0.1, 0.15) is 17.3 Å². The molecule has 0 bridgehead atoms. The van der Waals surface area contributed by atoms with E-state index in [2.05, 4.69) is 0 Å². The molecule has 1 aliphatic rings. The summed E-state index contributed by atoms with van der Waals surface area (Å²) in [5.41, 5.74) is 0.0597. The molecule has 8 nitrogen and oxygen atoms in total. The number of amides is 1. The van der Waals surface area contributed by atoms with Gasteiger partial charge in [-0.25, -0.2) is 0 Å². The summed E-state index contributed by atoms with van der Waals surface area (Å²) in [4.78, 5) is 94.8. The molecule has 1 saturated heterocycles. The lowest BCUT2D eigenvalue weighted by Crippen LogP contribution is -2.47. The van der Waals surface area contributed by atoms with Gasteiger partial charge in [-0.05, 0) is 35.7 Å². The van der Waals surface area contributed by atoms with Gasteiger partial charge in [-0.2, -0.15) is 0 Å². The van der Waals surface area contributed by atoms with E-state index >= 15 is 0 Å². The molecule has 8 heteroatoms. The molecule has 0 aromatic heterocycles. The van der Waals surface area contributed by atoms with Crippen LogP contribution >= 0.6 is 0 Å². The van der Waals surface area contributed by atoms with Crippen molar-refractivity contribution in [3.63, 3.8) is 0 Å². The number of ketones is 6. The highest BCUT2D eigenvalue weighted by atomic mass is 16.2. The molecule has 2 rings (SSSR count). The third-order valence-electron chi connectivity index (χ3n) is 9.59. The van der Waals surface area contributed by atoms with Crippen LogP contribution in [-0.2, 0) is 33.6 Å². The fourth-order valence-electron chi connectivity index (χ4n) is 6.78. The van der Waals surface area contributed by atoms with Crippen molar-refractivity contribution >= 4 is 40.6 Å². The van der Waals surface area contributed by atoms with E-state index < -0.39 is 40.8 Å². The smallest absolute Gasteiger partial charge is 0.227 e. The van der Waals surface area contributed by atoms with Gasteiger partial charge in [0.2, 0.25) is 11.7 Å². The Labute approximate surface area is 294 Å². The Balaban J connectivity index is 2.12. The van der Waals surface area contributed by atoms with Crippen molar-refractivity contribution in [2.75, 3.05) is 6.54 Å². The number of hydrogen-bond acceptors (Lipinski definition) is 7. The van der Waals surface area contributed by atoms with Crippen LogP contribution in [0.5, 0.6) is 0 Å². The summed E-state index contributed by atoms with van der Waals surface area (Å²) in [6.07, 6.45) is 2.79. The Kier molecular flexibility index (Phi) is 15.9. The molecule has 49 heavy (non-hydrogen) atoms. The van der Waals surface area contributed by atoms with Crippen LogP contribution in [0.4, 0.5) is 0 Å². The summed E-state index contributed by atoms with van der Waals surface area (Å²) in [5, 5.41) is 0. The third-order valence-corrected chi connectivity index (χ3v) is 9.59. The number of carbonyl (C=O) groups is 7. The zero-order valence-corrected chi connectivity index (χ0v) is 31.6. The molecule has 1 fully saturated rings. The van der Waals surface area contributed by atoms with Gasteiger partial charge in [0, 0.05) is 68.7 Å². The molecule has 0 spiro atoms. The molecule has 4 atom stereocenters. The normalized spacial score (nSPS) is 17.0. The van der Waals surface area contributed by atoms with Crippen LogP contribution in [0.25, 0.3) is 0 Å². The van der Waals surface area contributed by atoms with Crippen molar-refractivity contribution in [3.8, 4) is 0 Å². The zero-order chi connectivity index (χ0) is 37.1. The number of hydrogen-bond donors (Lipinski definition) is 0. The van der Waals surface area contributed by atoms with Crippen molar-refractivity contribution in [2.24, 2.45) is 28.6 Å². The van der Waals surface area contributed by atoms with Gasteiger partial charge in [0.25, 0.3) is 0 Å². The Hall–Kier alpha value is -3.29. The molecule has 1 aromatic rings. The molecule has 1 aromatic carbocycles. The van der Waals surface area contributed by atoms with Crippen molar-refractivity contribution < 1.29 is 33.6 Å². The fourth-order valence-corrected chi connectivity index (χ4v) is 6.78. The standard InChI is InChI=1S/C41H61NO7/c1-10-11-16-29(38(48)35(45)21-20-30(43)24-32(37(47)27(2)3)28-17-13-12-14-18-28)23-36(46)34-19-15-22-42(34)39(49)33(41(7,8)9)25-31(44)26-40(4,5)6/h12-14,17-18,27,29,32-34H,10-11,15-16,19-26H2,1-9H3/t29?,32-,33+,34-/m0/s1. The highest BCUT2D eigenvalue weighted by Gasteiger charge is 2.43. The third kappa shape index (κ3) is 13.2. The predicted molar refractivity (Wildman–Crippen MR) is 192 cm³/mol.